The lowest BCUT2D eigenvalue weighted by Gasteiger charge is -2.48. The number of likely N-dealkylation sites (N-methyl/N-ethyl adjacent to an activating group) is 1. The first-order chi connectivity index (χ1) is 22.9. The number of aliphatic hydroxyl groups is 2. The third kappa shape index (κ3) is 8.67. The molecule has 0 radical (unpaired) electrons. The molecule has 0 unspecified atom stereocenters. The number of aliphatic hydroxyl groups excluding tert-OH is 2. The standard InChI is InChI=1S/C38H67NO10/c1-14-28-23(6)30(40)24(7)32-20(3)17-38(11,49-32)34(48-36-31(41)27(39(12)15-2)16-21(4)45-36)25(8)33(26(9)35(42)46-28)47-29-19-37(10,43-13)18-22(5)44-29/h21-31,33-34,36,40-41H,14-19H2,1-13H3/t21-,22+,23+,24+,25+,26-,27+,28-,29+,30+,31-,33+,34-,36+,37+,38-/m1/s1. The lowest BCUT2D eigenvalue weighted by Crippen LogP contribution is -2.59. The summed E-state index contributed by atoms with van der Waals surface area (Å²) in [6, 6.07) is -0.163. The number of carbonyl (C=O) groups excluding carboxylic acids is 1. The van der Waals surface area contributed by atoms with Crippen LogP contribution in [0.15, 0.2) is 11.3 Å². The van der Waals surface area contributed by atoms with Gasteiger partial charge in [0.15, 0.2) is 12.6 Å². The van der Waals surface area contributed by atoms with E-state index in [9.17, 15) is 15.0 Å². The summed E-state index contributed by atoms with van der Waals surface area (Å²) in [5, 5.41) is 23.3. The molecule has 0 spiro atoms. The van der Waals surface area contributed by atoms with E-state index >= 15 is 0 Å². The van der Waals surface area contributed by atoms with Crippen LogP contribution in [0.1, 0.15) is 108 Å². The number of rotatable bonds is 8. The fourth-order valence-electron chi connectivity index (χ4n) is 8.88. The summed E-state index contributed by atoms with van der Waals surface area (Å²) in [5.41, 5.74) is -0.370. The molecule has 11 nitrogen and oxygen atoms in total. The predicted molar refractivity (Wildman–Crippen MR) is 185 cm³/mol. The van der Waals surface area contributed by atoms with Crippen LogP contribution >= 0.6 is 0 Å². The summed E-state index contributed by atoms with van der Waals surface area (Å²) < 4.78 is 45.6. The van der Waals surface area contributed by atoms with Gasteiger partial charge in [-0.1, -0.05) is 34.6 Å². The molecule has 3 saturated heterocycles. The zero-order valence-corrected chi connectivity index (χ0v) is 32.4. The number of methoxy groups -OCH3 is 1. The highest BCUT2D eigenvalue weighted by atomic mass is 16.7. The molecule has 0 saturated carbocycles. The van der Waals surface area contributed by atoms with E-state index in [1.165, 1.54) is 0 Å². The topological polar surface area (TPSA) is 125 Å². The Morgan fingerprint density at radius 3 is 2.20 bits per heavy atom. The lowest BCUT2D eigenvalue weighted by atomic mass is 9.79. The average molecular weight is 698 g/mol. The molecule has 4 heterocycles. The van der Waals surface area contributed by atoms with Crippen molar-refractivity contribution in [3.05, 3.63) is 11.3 Å². The van der Waals surface area contributed by atoms with Gasteiger partial charge in [-0.2, -0.15) is 0 Å². The summed E-state index contributed by atoms with van der Waals surface area (Å²) in [6.45, 7) is 22.6. The van der Waals surface area contributed by atoms with E-state index in [0.29, 0.717) is 32.1 Å². The Balaban J connectivity index is 1.81. The van der Waals surface area contributed by atoms with Crippen molar-refractivity contribution in [2.45, 2.75) is 181 Å². The van der Waals surface area contributed by atoms with Gasteiger partial charge < -0.3 is 48.3 Å². The summed E-state index contributed by atoms with van der Waals surface area (Å²) in [6.07, 6.45) is -2.63. The van der Waals surface area contributed by atoms with E-state index < -0.39 is 72.1 Å². The zero-order valence-electron chi connectivity index (χ0n) is 32.4. The Bertz CT molecular complexity index is 1150. The predicted octanol–water partition coefficient (Wildman–Crippen LogP) is 5.20. The molecular formula is C38H67NO10. The normalized spacial score (nSPS) is 47.2. The van der Waals surface area contributed by atoms with Crippen LogP contribution in [0, 0.1) is 23.7 Å². The highest BCUT2D eigenvalue weighted by molar-refractivity contribution is 5.73. The SMILES string of the molecule is CC[C@H]1OC(=O)[C@H](C)[C@@H](O[C@H]2C[C@@](C)(OC)C[C@H](C)O2)[C@H](C)[C@@H](O[C@@H]2O[C@H](C)C[C@H](N(C)CC)[C@H]2O)[C@@]2(C)CC(C)=C(O2)[C@@H](C)[C@@H](O)[C@H]1C. The van der Waals surface area contributed by atoms with E-state index in [1.807, 2.05) is 69.4 Å². The number of esters is 1. The van der Waals surface area contributed by atoms with Crippen molar-refractivity contribution >= 4 is 5.97 Å². The van der Waals surface area contributed by atoms with Gasteiger partial charge in [0.05, 0.1) is 35.9 Å². The van der Waals surface area contributed by atoms with Crippen LogP contribution in [0.2, 0.25) is 0 Å². The molecule has 11 heteroatoms. The fourth-order valence-corrected chi connectivity index (χ4v) is 8.88. The second-order valence-corrected chi connectivity index (χ2v) is 16.2. The molecule has 284 valence electrons. The van der Waals surface area contributed by atoms with Crippen LogP contribution in [0.5, 0.6) is 0 Å². The van der Waals surface area contributed by atoms with Gasteiger partial charge >= 0.3 is 5.97 Å². The number of hydrogen-bond acceptors (Lipinski definition) is 11. The molecule has 0 aromatic rings. The van der Waals surface area contributed by atoms with Gasteiger partial charge in [-0.25, -0.2) is 0 Å². The minimum atomic E-state index is -0.950. The Labute approximate surface area is 295 Å². The molecule has 4 rings (SSSR count). The highest BCUT2D eigenvalue weighted by Gasteiger charge is 2.54. The minimum absolute atomic E-state index is 0.124. The number of ether oxygens (including phenoxy) is 7. The van der Waals surface area contributed by atoms with Crippen LogP contribution < -0.4 is 0 Å². The van der Waals surface area contributed by atoms with Crippen molar-refractivity contribution in [3.8, 4) is 0 Å². The number of nitrogens with zero attached hydrogens (tertiary/aromatic N) is 1. The fraction of sp³-hybridized carbons (Fsp3) is 0.921. The Hall–Kier alpha value is -1.31. The van der Waals surface area contributed by atoms with Crippen LogP contribution in [-0.2, 0) is 38.0 Å². The number of cyclic esters (lactones) is 1. The quantitative estimate of drug-likeness (QED) is 0.326. The molecular weight excluding hydrogens is 630 g/mol. The largest absolute Gasteiger partial charge is 0.489 e. The summed E-state index contributed by atoms with van der Waals surface area (Å²) in [7, 11) is 3.70. The van der Waals surface area contributed by atoms with E-state index in [4.69, 9.17) is 33.2 Å². The van der Waals surface area contributed by atoms with Crippen molar-refractivity contribution in [2.24, 2.45) is 23.7 Å². The molecule has 4 aliphatic heterocycles. The Morgan fingerprint density at radius 2 is 1.59 bits per heavy atom. The second-order valence-electron chi connectivity index (χ2n) is 16.2. The number of carbonyl (C=O) groups is 1. The van der Waals surface area contributed by atoms with Crippen LogP contribution in [-0.4, -0.2) is 114 Å². The second kappa shape index (κ2) is 16.1. The molecule has 2 bridgehead atoms. The van der Waals surface area contributed by atoms with Gasteiger partial charge in [-0.05, 0) is 73.5 Å². The molecule has 16 atom stereocenters. The van der Waals surface area contributed by atoms with Crippen molar-refractivity contribution in [1.29, 1.82) is 0 Å². The first-order valence-corrected chi connectivity index (χ1v) is 18.7. The molecule has 2 N–H and O–H groups in total. The van der Waals surface area contributed by atoms with Crippen molar-refractivity contribution in [2.75, 3.05) is 20.7 Å². The smallest absolute Gasteiger partial charge is 0.311 e. The molecule has 4 aliphatic rings. The Kier molecular flexibility index (Phi) is 13.3. The van der Waals surface area contributed by atoms with E-state index in [0.717, 1.165) is 17.9 Å². The number of hydrogen-bond donors (Lipinski definition) is 2. The minimum Gasteiger partial charge on any atom is -0.489 e. The summed E-state index contributed by atoms with van der Waals surface area (Å²) >= 11 is 0. The molecule has 0 aliphatic carbocycles. The van der Waals surface area contributed by atoms with E-state index in [2.05, 4.69) is 18.7 Å². The average Bonchev–Trinajstić information content (AvgIpc) is 3.37. The van der Waals surface area contributed by atoms with Gasteiger partial charge in [-0.15, -0.1) is 0 Å². The third-order valence-corrected chi connectivity index (χ3v) is 12.0. The van der Waals surface area contributed by atoms with Crippen molar-refractivity contribution < 1.29 is 48.2 Å². The molecule has 0 aromatic heterocycles. The van der Waals surface area contributed by atoms with Gasteiger partial charge in [0.2, 0.25) is 0 Å². The van der Waals surface area contributed by atoms with E-state index in [-0.39, 0.29) is 30.1 Å². The summed E-state index contributed by atoms with van der Waals surface area (Å²) in [5.74, 6) is -1.60. The maximum Gasteiger partial charge on any atom is 0.311 e. The third-order valence-electron chi connectivity index (χ3n) is 12.0. The first-order valence-electron chi connectivity index (χ1n) is 18.7. The monoisotopic (exact) mass is 697 g/mol. The van der Waals surface area contributed by atoms with Gasteiger partial charge in [0, 0.05) is 50.2 Å². The van der Waals surface area contributed by atoms with Gasteiger partial charge in [-0.3, -0.25) is 4.79 Å². The summed E-state index contributed by atoms with van der Waals surface area (Å²) in [4.78, 5) is 16.2. The first kappa shape index (κ1) is 40.5. The van der Waals surface area contributed by atoms with Crippen LogP contribution in [0.4, 0.5) is 0 Å². The lowest BCUT2D eigenvalue weighted by molar-refractivity contribution is -0.309. The maximum absolute atomic E-state index is 14.1. The van der Waals surface area contributed by atoms with Gasteiger partial charge in [0.1, 0.15) is 29.7 Å². The molecule has 0 amide bonds. The molecule has 0 aromatic carbocycles. The molecule has 3 fully saturated rings. The van der Waals surface area contributed by atoms with Crippen molar-refractivity contribution in [1.82, 2.24) is 4.90 Å². The number of fused-ring (bicyclic) bond motifs is 2. The molecule has 49 heavy (non-hydrogen) atoms. The van der Waals surface area contributed by atoms with Crippen LogP contribution in [0.25, 0.3) is 0 Å². The van der Waals surface area contributed by atoms with E-state index in [1.54, 1.807) is 7.11 Å². The van der Waals surface area contributed by atoms with Crippen molar-refractivity contribution in [3.63, 3.8) is 0 Å². The zero-order chi connectivity index (χ0) is 36.6. The highest BCUT2D eigenvalue weighted by Crippen LogP contribution is 2.47. The maximum atomic E-state index is 14.1. The van der Waals surface area contributed by atoms with Gasteiger partial charge in [0.25, 0.3) is 0 Å². The Morgan fingerprint density at radius 1 is 0.918 bits per heavy atom. The van der Waals surface area contributed by atoms with Crippen LogP contribution in [0.3, 0.4) is 0 Å².